The average Bonchev–Trinajstić information content (AvgIpc) is 3.32. The lowest BCUT2D eigenvalue weighted by atomic mass is 10.1. The monoisotopic (exact) mass is 341 g/mol. The second-order valence-corrected chi connectivity index (χ2v) is 6.01. The Hall–Kier alpha value is -1.95. The Bertz CT molecular complexity index is 613. The molecule has 0 aliphatic heterocycles. The van der Waals surface area contributed by atoms with E-state index in [1.807, 2.05) is 6.92 Å². The number of hydrogen-bond acceptors (Lipinski definition) is 4. The smallest absolute Gasteiger partial charge is 0.311 e. The van der Waals surface area contributed by atoms with Gasteiger partial charge in [0.15, 0.2) is 11.5 Å². The molecule has 0 saturated heterocycles. The third-order valence-corrected chi connectivity index (χ3v) is 4.12. The van der Waals surface area contributed by atoms with Gasteiger partial charge in [0.1, 0.15) is 0 Å². The molecular weight excluding hydrogens is 322 g/mol. The fourth-order valence-electron chi connectivity index (χ4n) is 2.16. The number of carbonyl (C=O) groups excluding carboxylic acids is 1. The predicted molar refractivity (Wildman–Crippen MR) is 85.4 cm³/mol. The fraction of sp³-hybridized carbons (Fsp3) is 0.500. The number of amides is 1. The summed E-state index contributed by atoms with van der Waals surface area (Å²) in [7, 11) is 1.47. The molecule has 2 N–H and O–H groups in total. The zero-order chi connectivity index (χ0) is 17.0. The molecule has 0 aromatic heterocycles. The van der Waals surface area contributed by atoms with E-state index in [9.17, 15) is 9.59 Å². The molecule has 0 spiro atoms. The number of benzene rings is 1. The average molecular weight is 342 g/mol. The molecule has 126 valence electrons. The van der Waals surface area contributed by atoms with E-state index in [0.717, 1.165) is 6.42 Å². The van der Waals surface area contributed by atoms with Crippen molar-refractivity contribution in [1.82, 2.24) is 5.32 Å². The maximum Gasteiger partial charge on any atom is 0.311 e. The normalized spacial score (nSPS) is 14.9. The number of aliphatic carboxylic acids is 1. The highest BCUT2D eigenvalue weighted by Crippen LogP contribution is 2.45. The highest BCUT2D eigenvalue weighted by Gasteiger charge is 2.50. The second kappa shape index (κ2) is 7.08. The van der Waals surface area contributed by atoms with Gasteiger partial charge < -0.3 is 19.9 Å². The first-order valence-electron chi connectivity index (χ1n) is 7.45. The quantitative estimate of drug-likeness (QED) is 0.759. The molecule has 1 fully saturated rings. The number of carboxylic acid groups (broad SMARTS) is 1. The van der Waals surface area contributed by atoms with E-state index in [0.29, 0.717) is 36.5 Å². The van der Waals surface area contributed by atoms with Crippen molar-refractivity contribution in [2.75, 3.05) is 20.3 Å². The van der Waals surface area contributed by atoms with Crippen LogP contribution in [0.15, 0.2) is 12.1 Å². The largest absolute Gasteiger partial charge is 0.493 e. The highest BCUT2D eigenvalue weighted by atomic mass is 35.5. The minimum Gasteiger partial charge on any atom is -0.493 e. The van der Waals surface area contributed by atoms with Crippen molar-refractivity contribution in [1.29, 1.82) is 0 Å². The van der Waals surface area contributed by atoms with Crippen molar-refractivity contribution in [3.05, 3.63) is 22.7 Å². The van der Waals surface area contributed by atoms with E-state index in [4.69, 9.17) is 26.2 Å². The number of carboxylic acids is 1. The van der Waals surface area contributed by atoms with Gasteiger partial charge in [-0.25, -0.2) is 0 Å². The first kappa shape index (κ1) is 17.4. The molecule has 0 radical (unpaired) electrons. The molecule has 0 bridgehead atoms. The molecule has 1 aromatic carbocycles. The SMILES string of the molecule is CCCOc1c(Cl)cc(C(=O)NCC2(C(=O)O)CC2)cc1OC. The third-order valence-electron chi connectivity index (χ3n) is 3.84. The lowest BCUT2D eigenvalue weighted by Gasteiger charge is -2.15. The van der Waals surface area contributed by atoms with E-state index in [1.54, 1.807) is 0 Å². The number of ether oxygens (including phenoxy) is 2. The lowest BCUT2D eigenvalue weighted by molar-refractivity contribution is -0.143. The van der Waals surface area contributed by atoms with Crippen LogP contribution >= 0.6 is 11.6 Å². The Morgan fingerprint density at radius 2 is 2.09 bits per heavy atom. The maximum atomic E-state index is 12.2. The summed E-state index contributed by atoms with van der Waals surface area (Å²) in [4.78, 5) is 23.4. The van der Waals surface area contributed by atoms with Crippen LogP contribution < -0.4 is 14.8 Å². The van der Waals surface area contributed by atoms with Crippen LogP contribution in [-0.2, 0) is 4.79 Å². The van der Waals surface area contributed by atoms with Gasteiger partial charge in [-0.15, -0.1) is 0 Å². The van der Waals surface area contributed by atoms with Gasteiger partial charge in [0.05, 0.1) is 24.2 Å². The van der Waals surface area contributed by atoms with E-state index in [1.165, 1.54) is 19.2 Å². The number of hydrogen-bond donors (Lipinski definition) is 2. The fourth-order valence-corrected chi connectivity index (χ4v) is 2.43. The summed E-state index contributed by atoms with van der Waals surface area (Å²) in [6, 6.07) is 3.03. The van der Waals surface area contributed by atoms with Crippen LogP contribution in [0.3, 0.4) is 0 Å². The van der Waals surface area contributed by atoms with Crippen LogP contribution in [0.4, 0.5) is 0 Å². The molecule has 2 rings (SSSR count). The van der Waals surface area contributed by atoms with Crippen molar-refractivity contribution in [2.24, 2.45) is 5.41 Å². The van der Waals surface area contributed by atoms with Crippen molar-refractivity contribution in [3.8, 4) is 11.5 Å². The Morgan fingerprint density at radius 1 is 1.39 bits per heavy atom. The Morgan fingerprint density at radius 3 is 2.61 bits per heavy atom. The first-order valence-corrected chi connectivity index (χ1v) is 7.83. The maximum absolute atomic E-state index is 12.2. The Balaban J connectivity index is 2.11. The Kier molecular flexibility index (Phi) is 5.36. The second-order valence-electron chi connectivity index (χ2n) is 5.61. The first-order chi connectivity index (χ1) is 10.9. The molecule has 1 aromatic rings. The van der Waals surface area contributed by atoms with E-state index in [-0.39, 0.29) is 17.5 Å². The zero-order valence-electron chi connectivity index (χ0n) is 13.1. The van der Waals surface area contributed by atoms with Gasteiger partial charge in [0.2, 0.25) is 0 Å². The van der Waals surface area contributed by atoms with Crippen LogP contribution in [0.1, 0.15) is 36.5 Å². The zero-order valence-corrected chi connectivity index (χ0v) is 13.9. The summed E-state index contributed by atoms with van der Waals surface area (Å²) >= 11 is 6.17. The molecule has 7 heteroatoms. The molecule has 6 nitrogen and oxygen atoms in total. The molecule has 23 heavy (non-hydrogen) atoms. The standard InChI is InChI=1S/C16H20ClNO5/c1-3-6-23-13-11(17)7-10(8-12(13)22-2)14(19)18-9-16(4-5-16)15(20)21/h7-8H,3-6,9H2,1-2H3,(H,18,19)(H,20,21). The summed E-state index contributed by atoms with van der Waals surface area (Å²) < 4.78 is 10.8. The van der Waals surface area contributed by atoms with Crippen molar-refractivity contribution >= 4 is 23.5 Å². The molecule has 1 saturated carbocycles. The van der Waals surface area contributed by atoms with Crippen LogP contribution in [0, 0.1) is 5.41 Å². The number of methoxy groups -OCH3 is 1. The minimum absolute atomic E-state index is 0.106. The topological polar surface area (TPSA) is 84.9 Å². The van der Waals surface area contributed by atoms with Crippen LogP contribution in [0.2, 0.25) is 5.02 Å². The third kappa shape index (κ3) is 3.88. The van der Waals surface area contributed by atoms with Crippen molar-refractivity contribution < 1.29 is 24.2 Å². The van der Waals surface area contributed by atoms with E-state index >= 15 is 0 Å². The van der Waals surface area contributed by atoms with Gasteiger partial charge in [-0.2, -0.15) is 0 Å². The molecule has 1 aliphatic carbocycles. The molecule has 1 amide bonds. The van der Waals surface area contributed by atoms with Gasteiger partial charge in [0, 0.05) is 12.1 Å². The number of rotatable bonds is 8. The van der Waals surface area contributed by atoms with Crippen molar-refractivity contribution in [3.63, 3.8) is 0 Å². The van der Waals surface area contributed by atoms with E-state index < -0.39 is 11.4 Å². The summed E-state index contributed by atoms with van der Waals surface area (Å²) in [5.41, 5.74) is -0.509. The number of nitrogens with one attached hydrogen (secondary N) is 1. The van der Waals surface area contributed by atoms with Gasteiger partial charge >= 0.3 is 5.97 Å². The summed E-state index contributed by atoms with van der Waals surface area (Å²) in [6.07, 6.45) is 1.98. The Labute approximate surface area is 139 Å². The van der Waals surface area contributed by atoms with Crippen LogP contribution in [-0.4, -0.2) is 37.2 Å². The summed E-state index contributed by atoms with van der Waals surface area (Å²) in [5, 5.41) is 12.1. The molecule has 0 atom stereocenters. The lowest BCUT2D eigenvalue weighted by Crippen LogP contribution is -2.34. The van der Waals surface area contributed by atoms with Crippen LogP contribution in [0.5, 0.6) is 11.5 Å². The van der Waals surface area contributed by atoms with Gasteiger partial charge in [-0.1, -0.05) is 18.5 Å². The van der Waals surface area contributed by atoms with Crippen molar-refractivity contribution in [2.45, 2.75) is 26.2 Å². The van der Waals surface area contributed by atoms with Gasteiger partial charge in [-0.05, 0) is 31.4 Å². The predicted octanol–water partition coefficient (Wildman–Crippen LogP) is 2.73. The van der Waals surface area contributed by atoms with E-state index in [2.05, 4.69) is 5.32 Å². The molecular formula is C16H20ClNO5. The van der Waals surface area contributed by atoms with Gasteiger partial charge in [-0.3, -0.25) is 9.59 Å². The molecule has 0 unspecified atom stereocenters. The molecule has 0 heterocycles. The minimum atomic E-state index is -0.878. The molecule has 1 aliphatic rings. The van der Waals surface area contributed by atoms with Crippen LogP contribution in [0.25, 0.3) is 0 Å². The highest BCUT2D eigenvalue weighted by molar-refractivity contribution is 6.32. The summed E-state index contributed by atoms with van der Waals surface area (Å²) in [5.74, 6) is -0.497. The number of carbonyl (C=O) groups is 2. The van der Waals surface area contributed by atoms with Gasteiger partial charge in [0.25, 0.3) is 5.91 Å². The number of halogens is 1. The summed E-state index contributed by atoms with van der Waals surface area (Å²) in [6.45, 7) is 2.57.